The van der Waals surface area contributed by atoms with Crippen LogP contribution in [0, 0.1) is 12.7 Å². The van der Waals surface area contributed by atoms with Gasteiger partial charge in [0.15, 0.2) is 0 Å². The Labute approximate surface area is 140 Å². The molecule has 24 heavy (non-hydrogen) atoms. The maximum Gasteiger partial charge on any atom is 0.225 e. The Balaban J connectivity index is 1.66. The number of pyridine rings is 1. The number of aromatic nitrogens is 3. The van der Waals surface area contributed by atoms with Gasteiger partial charge in [0.2, 0.25) is 5.95 Å². The summed E-state index contributed by atoms with van der Waals surface area (Å²) in [7, 11) is 0. The topological polar surface area (TPSA) is 62.7 Å². The SMILES string of the molecule is Cc1cc(NCc2ccccc2F)nc(NCc2cccnc2)n1. The van der Waals surface area contributed by atoms with E-state index in [0.29, 0.717) is 30.4 Å². The van der Waals surface area contributed by atoms with Crippen LogP contribution in [0.1, 0.15) is 16.8 Å². The molecule has 5 nitrogen and oxygen atoms in total. The third-order valence-corrected chi connectivity index (χ3v) is 3.45. The zero-order chi connectivity index (χ0) is 16.8. The van der Waals surface area contributed by atoms with Gasteiger partial charge in [-0.3, -0.25) is 4.98 Å². The highest BCUT2D eigenvalue weighted by atomic mass is 19.1. The molecule has 0 saturated heterocycles. The molecule has 1 aromatic carbocycles. The quantitative estimate of drug-likeness (QED) is 0.726. The number of hydrogen-bond donors (Lipinski definition) is 2. The van der Waals surface area contributed by atoms with E-state index >= 15 is 0 Å². The second-order valence-electron chi connectivity index (χ2n) is 5.38. The number of aryl methyl sites for hydroxylation is 1. The minimum absolute atomic E-state index is 0.231. The summed E-state index contributed by atoms with van der Waals surface area (Å²) in [5, 5.41) is 6.31. The molecule has 0 unspecified atom stereocenters. The summed E-state index contributed by atoms with van der Waals surface area (Å²) in [5.74, 6) is 0.944. The highest BCUT2D eigenvalue weighted by molar-refractivity contribution is 5.43. The Bertz CT molecular complexity index is 808. The van der Waals surface area contributed by atoms with Crippen LogP contribution in [0.5, 0.6) is 0 Å². The standard InChI is InChI=1S/C18H18FN5/c1-13-9-17(21-12-15-6-2-3-7-16(15)19)24-18(23-13)22-11-14-5-4-8-20-10-14/h2-10H,11-12H2,1H3,(H2,21,22,23,24). The molecule has 3 rings (SSSR count). The molecule has 0 saturated carbocycles. The Morgan fingerprint density at radius 2 is 1.88 bits per heavy atom. The van der Waals surface area contributed by atoms with Crippen molar-refractivity contribution in [3.05, 3.63) is 77.5 Å². The molecule has 2 aromatic heterocycles. The predicted molar refractivity (Wildman–Crippen MR) is 92.1 cm³/mol. The number of rotatable bonds is 6. The van der Waals surface area contributed by atoms with Gasteiger partial charge in [-0.05, 0) is 24.6 Å². The first-order chi connectivity index (χ1) is 11.7. The van der Waals surface area contributed by atoms with Crippen LogP contribution in [-0.4, -0.2) is 15.0 Å². The van der Waals surface area contributed by atoms with E-state index in [9.17, 15) is 4.39 Å². The van der Waals surface area contributed by atoms with Crippen LogP contribution in [0.15, 0.2) is 54.9 Å². The van der Waals surface area contributed by atoms with Gasteiger partial charge in [0, 0.05) is 42.8 Å². The third kappa shape index (κ3) is 4.25. The number of benzene rings is 1. The van der Waals surface area contributed by atoms with Gasteiger partial charge >= 0.3 is 0 Å². The van der Waals surface area contributed by atoms with Crippen molar-refractivity contribution in [2.45, 2.75) is 20.0 Å². The molecule has 2 heterocycles. The van der Waals surface area contributed by atoms with Gasteiger partial charge in [-0.1, -0.05) is 24.3 Å². The summed E-state index contributed by atoms with van der Waals surface area (Å²) in [5.41, 5.74) is 2.47. The molecule has 0 bridgehead atoms. The van der Waals surface area contributed by atoms with Crippen LogP contribution in [0.4, 0.5) is 16.2 Å². The van der Waals surface area contributed by atoms with Gasteiger partial charge in [0.25, 0.3) is 0 Å². The molecular formula is C18H18FN5. The maximum absolute atomic E-state index is 13.7. The Morgan fingerprint density at radius 3 is 2.67 bits per heavy atom. The minimum Gasteiger partial charge on any atom is -0.366 e. The molecule has 6 heteroatoms. The smallest absolute Gasteiger partial charge is 0.225 e. The van der Waals surface area contributed by atoms with Gasteiger partial charge < -0.3 is 10.6 Å². The van der Waals surface area contributed by atoms with E-state index in [0.717, 1.165) is 11.3 Å². The summed E-state index contributed by atoms with van der Waals surface area (Å²) in [6, 6.07) is 12.4. The lowest BCUT2D eigenvalue weighted by Gasteiger charge is -2.10. The van der Waals surface area contributed by atoms with E-state index in [-0.39, 0.29) is 5.82 Å². The summed E-state index contributed by atoms with van der Waals surface area (Å²) in [6.07, 6.45) is 3.53. The molecule has 122 valence electrons. The lowest BCUT2D eigenvalue weighted by atomic mass is 10.2. The van der Waals surface area contributed by atoms with Crippen molar-refractivity contribution in [1.82, 2.24) is 15.0 Å². The number of nitrogens with zero attached hydrogens (tertiary/aromatic N) is 3. The molecule has 0 amide bonds. The molecule has 0 fully saturated rings. The van der Waals surface area contributed by atoms with E-state index in [1.807, 2.05) is 31.2 Å². The fraction of sp³-hybridized carbons (Fsp3) is 0.167. The van der Waals surface area contributed by atoms with E-state index < -0.39 is 0 Å². The molecular weight excluding hydrogens is 305 g/mol. The van der Waals surface area contributed by atoms with Gasteiger partial charge in [0.1, 0.15) is 11.6 Å². The number of hydrogen-bond acceptors (Lipinski definition) is 5. The van der Waals surface area contributed by atoms with E-state index in [1.54, 1.807) is 24.5 Å². The minimum atomic E-state index is -0.231. The third-order valence-electron chi connectivity index (χ3n) is 3.45. The van der Waals surface area contributed by atoms with Crippen LogP contribution in [-0.2, 0) is 13.1 Å². The Morgan fingerprint density at radius 1 is 1.00 bits per heavy atom. The highest BCUT2D eigenvalue weighted by Crippen LogP contribution is 2.13. The molecule has 0 spiro atoms. The molecule has 0 aliphatic carbocycles. The molecule has 0 aliphatic heterocycles. The monoisotopic (exact) mass is 323 g/mol. The van der Waals surface area contributed by atoms with Gasteiger partial charge in [-0.2, -0.15) is 4.98 Å². The average Bonchev–Trinajstić information content (AvgIpc) is 2.60. The van der Waals surface area contributed by atoms with Crippen molar-refractivity contribution in [1.29, 1.82) is 0 Å². The summed E-state index contributed by atoms with van der Waals surface area (Å²) in [6.45, 7) is 2.85. The van der Waals surface area contributed by atoms with E-state index in [4.69, 9.17) is 0 Å². The van der Waals surface area contributed by atoms with Crippen molar-refractivity contribution >= 4 is 11.8 Å². The van der Waals surface area contributed by atoms with Crippen LogP contribution >= 0.6 is 0 Å². The van der Waals surface area contributed by atoms with E-state index in [2.05, 4.69) is 25.6 Å². The Kier molecular flexibility index (Phi) is 4.96. The second-order valence-corrected chi connectivity index (χ2v) is 5.38. The summed E-state index contributed by atoms with van der Waals surface area (Å²) < 4.78 is 13.7. The highest BCUT2D eigenvalue weighted by Gasteiger charge is 2.04. The zero-order valence-corrected chi connectivity index (χ0v) is 13.3. The fourth-order valence-electron chi connectivity index (χ4n) is 2.25. The van der Waals surface area contributed by atoms with Crippen molar-refractivity contribution in [3.63, 3.8) is 0 Å². The summed E-state index contributed by atoms with van der Waals surface area (Å²) in [4.78, 5) is 12.9. The number of nitrogens with one attached hydrogen (secondary N) is 2. The first-order valence-corrected chi connectivity index (χ1v) is 7.66. The zero-order valence-electron chi connectivity index (χ0n) is 13.3. The lowest BCUT2D eigenvalue weighted by Crippen LogP contribution is -2.08. The molecule has 2 N–H and O–H groups in total. The molecule has 0 radical (unpaired) electrons. The number of anilines is 2. The molecule has 3 aromatic rings. The second kappa shape index (κ2) is 7.50. The van der Waals surface area contributed by atoms with Gasteiger partial charge in [-0.25, -0.2) is 9.37 Å². The van der Waals surface area contributed by atoms with Crippen molar-refractivity contribution < 1.29 is 4.39 Å². The summed E-state index contributed by atoms with van der Waals surface area (Å²) >= 11 is 0. The van der Waals surface area contributed by atoms with Crippen LogP contribution in [0.3, 0.4) is 0 Å². The van der Waals surface area contributed by atoms with Gasteiger partial charge in [-0.15, -0.1) is 0 Å². The van der Waals surface area contributed by atoms with Crippen molar-refractivity contribution in [3.8, 4) is 0 Å². The van der Waals surface area contributed by atoms with Gasteiger partial charge in [0.05, 0.1) is 0 Å². The largest absolute Gasteiger partial charge is 0.366 e. The lowest BCUT2D eigenvalue weighted by molar-refractivity contribution is 0.613. The maximum atomic E-state index is 13.7. The number of halogens is 1. The predicted octanol–water partition coefficient (Wildman–Crippen LogP) is 3.54. The Hall–Kier alpha value is -3.02. The first-order valence-electron chi connectivity index (χ1n) is 7.66. The first kappa shape index (κ1) is 15.9. The fourth-order valence-corrected chi connectivity index (χ4v) is 2.25. The van der Waals surface area contributed by atoms with Crippen LogP contribution in [0.2, 0.25) is 0 Å². The normalized spacial score (nSPS) is 10.4. The van der Waals surface area contributed by atoms with Crippen molar-refractivity contribution in [2.75, 3.05) is 10.6 Å². The average molecular weight is 323 g/mol. The van der Waals surface area contributed by atoms with Crippen LogP contribution < -0.4 is 10.6 Å². The van der Waals surface area contributed by atoms with Crippen LogP contribution in [0.25, 0.3) is 0 Å². The van der Waals surface area contributed by atoms with E-state index in [1.165, 1.54) is 6.07 Å². The van der Waals surface area contributed by atoms with Crippen molar-refractivity contribution in [2.24, 2.45) is 0 Å². The molecule has 0 aliphatic rings. The molecule has 0 atom stereocenters.